The summed E-state index contributed by atoms with van der Waals surface area (Å²) in [6.45, 7) is -0.449. The molecule has 3 aromatic carbocycles. The average Bonchev–Trinajstić information content (AvgIpc) is 2.67. The number of benzene rings is 3. The Hall–Kier alpha value is -3.47. The predicted octanol–water partition coefficient (Wildman–Crippen LogP) is 4.29. The molecular formula is C21H16FNO3. The smallest absolute Gasteiger partial charge is 0.338 e. The largest absolute Gasteiger partial charge is 0.452 e. The summed E-state index contributed by atoms with van der Waals surface area (Å²) in [5.41, 5.74) is 2.68. The molecule has 5 heteroatoms. The molecule has 130 valence electrons. The molecule has 0 bridgehead atoms. The van der Waals surface area contributed by atoms with Gasteiger partial charge in [0.15, 0.2) is 6.61 Å². The van der Waals surface area contributed by atoms with Crippen LogP contribution in [0.15, 0.2) is 78.9 Å². The van der Waals surface area contributed by atoms with E-state index in [9.17, 15) is 14.0 Å². The molecule has 1 amide bonds. The van der Waals surface area contributed by atoms with Crippen LogP contribution in [0.1, 0.15) is 10.4 Å². The first-order chi connectivity index (χ1) is 12.6. The third-order valence-electron chi connectivity index (χ3n) is 3.67. The van der Waals surface area contributed by atoms with Crippen molar-refractivity contribution in [3.63, 3.8) is 0 Å². The molecule has 1 N–H and O–H groups in total. The normalized spacial score (nSPS) is 10.2. The van der Waals surface area contributed by atoms with Crippen LogP contribution in [-0.4, -0.2) is 18.5 Å². The molecular weight excluding hydrogens is 333 g/mol. The van der Waals surface area contributed by atoms with Gasteiger partial charge in [0.05, 0.1) is 5.56 Å². The molecule has 0 spiro atoms. The summed E-state index contributed by atoms with van der Waals surface area (Å²) in [6, 6.07) is 22.2. The fourth-order valence-corrected chi connectivity index (χ4v) is 2.41. The lowest BCUT2D eigenvalue weighted by molar-refractivity contribution is -0.119. The fourth-order valence-electron chi connectivity index (χ4n) is 2.41. The molecule has 0 saturated carbocycles. The summed E-state index contributed by atoms with van der Waals surface area (Å²) < 4.78 is 18.1. The van der Waals surface area contributed by atoms with Gasteiger partial charge >= 0.3 is 5.97 Å². The Morgan fingerprint density at radius 1 is 0.846 bits per heavy atom. The Labute approximate surface area is 150 Å². The number of carbonyl (C=O) groups excluding carboxylic acids is 2. The van der Waals surface area contributed by atoms with Crippen LogP contribution in [0.3, 0.4) is 0 Å². The lowest BCUT2D eigenvalue weighted by Gasteiger charge is -2.07. The zero-order valence-electron chi connectivity index (χ0n) is 13.8. The molecule has 0 aliphatic carbocycles. The van der Waals surface area contributed by atoms with Crippen LogP contribution in [0.2, 0.25) is 0 Å². The number of ether oxygens (including phenoxy) is 1. The summed E-state index contributed by atoms with van der Waals surface area (Å²) >= 11 is 0. The first-order valence-corrected chi connectivity index (χ1v) is 8.00. The molecule has 3 rings (SSSR count). The van der Waals surface area contributed by atoms with Crippen molar-refractivity contribution in [2.45, 2.75) is 0 Å². The van der Waals surface area contributed by atoms with E-state index < -0.39 is 24.3 Å². The number of hydrogen-bond donors (Lipinski definition) is 1. The SMILES string of the molecule is O=C(COC(=O)c1ccc(-c2ccccc2)cc1)Nc1cccc(F)c1. The second-order valence-corrected chi connectivity index (χ2v) is 5.58. The van der Waals surface area contributed by atoms with Crippen molar-refractivity contribution in [3.05, 3.63) is 90.2 Å². The van der Waals surface area contributed by atoms with Gasteiger partial charge in [-0.05, 0) is 41.5 Å². The minimum atomic E-state index is -0.598. The number of hydrogen-bond acceptors (Lipinski definition) is 3. The van der Waals surface area contributed by atoms with E-state index in [1.54, 1.807) is 18.2 Å². The Morgan fingerprint density at radius 3 is 2.23 bits per heavy atom. The quantitative estimate of drug-likeness (QED) is 0.699. The summed E-state index contributed by atoms with van der Waals surface area (Å²) in [6.07, 6.45) is 0. The molecule has 0 heterocycles. The van der Waals surface area contributed by atoms with Crippen molar-refractivity contribution in [2.24, 2.45) is 0 Å². The molecule has 4 nitrogen and oxygen atoms in total. The first kappa shape index (κ1) is 17.4. The van der Waals surface area contributed by atoms with E-state index in [0.717, 1.165) is 11.1 Å². The van der Waals surface area contributed by atoms with E-state index in [1.807, 2.05) is 42.5 Å². The monoisotopic (exact) mass is 349 g/mol. The minimum absolute atomic E-state index is 0.304. The zero-order chi connectivity index (χ0) is 18.4. The average molecular weight is 349 g/mol. The molecule has 26 heavy (non-hydrogen) atoms. The van der Waals surface area contributed by atoms with E-state index in [2.05, 4.69) is 5.32 Å². The van der Waals surface area contributed by atoms with E-state index in [-0.39, 0.29) is 0 Å². The highest BCUT2D eigenvalue weighted by molar-refractivity contribution is 5.95. The van der Waals surface area contributed by atoms with Gasteiger partial charge in [-0.2, -0.15) is 0 Å². The summed E-state index contributed by atoms with van der Waals surface area (Å²) in [7, 11) is 0. The Morgan fingerprint density at radius 2 is 1.54 bits per heavy atom. The van der Waals surface area contributed by atoms with Crippen LogP contribution in [0.25, 0.3) is 11.1 Å². The van der Waals surface area contributed by atoms with Crippen LogP contribution in [0, 0.1) is 5.82 Å². The number of halogens is 1. The predicted molar refractivity (Wildman–Crippen MR) is 97.2 cm³/mol. The maximum atomic E-state index is 13.1. The summed E-state index contributed by atoms with van der Waals surface area (Å²) in [5, 5.41) is 2.46. The minimum Gasteiger partial charge on any atom is -0.452 e. The van der Waals surface area contributed by atoms with Gasteiger partial charge in [-0.1, -0.05) is 48.5 Å². The molecule has 0 aliphatic heterocycles. The highest BCUT2D eigenvalue weighted by Gasteiger charge is 2.11. The molecule has 0 aromatic heterocycles. The van der Waals surface area contributed by atoms with E-state index in [1.165, 1.54) is 18.2 Å². The van der Waals surface area contributed by atoms with Crippen molar-refractivity contribution in [3.8, 4) is 11.1 Å². The second-order valence-electron chi connectivity index (χ2n) is 5.58. The van der Waals surface area contributed by atoms with Gasteiger partial charge in [-0.25, -0.2) is 9.18 Å². The van der Waals surface area contributed by atoms with Crippen LogP contribution in [-0.2, 0) is 9.53 Å². The van der Waals surface area contributed by atoms with Crippen molar-refractivity contribution < 1.29 is 18.7 Å². The summed E-state index contributed by atoms with van der Waals surface area (Å²) in [4.78, 5) is 23.8. The van der Waals surface area contributed by atoms with Crippen molar-refractivity contribution in [1.82, 2.24) is 0 Å². The number of rotatable bonds is 5. The standard InChI is InChI=1S/C21H16FNO3/c22-18-7-4-8-19(13-18)23-20(24)14-26-21(25)17-11-9-16(10-12-17)15-5-2-1-3-6-15/h1-13H,14H2,(H,23,24). The second kappa shape index (κ2) is 8.07. The van der Waals surface area contributed by atoms with Gasteiger partial charge in [-0.3, -0.25) is 4.79 Å². The third kappa shape index (κ3) is 4.54. The maximum absolute atomic E-state index is 13.1. The Kier molecular flexibility index (Phi) is 5.39. The molecule has 0 radical (unpaired) electrons. The van der Waals surface area contributed by atoms with Gasteiger partial charge in [0.25, 0.3) is 5.91 Å². The molecule has 0 unspecified atom stereocenters. The van der Waals surface area contributed by atoms with Crippen LogP contribution < -0.4 is 5.32 Å². The fraction of sp³-hybridized carbons (Fsp3) is 0.0476. The zero-order valence-corrected chi connectivity index (χ0v) is 13.8. The van der Waals surface area contributed by atoms with Gasteiger partial charge in [0.1, 0.15) is 5.82 Å². The number of amides is 1. The third-order valence-corrected chi connectivity index (χ3v) is 3.67. The van der Waals surface area contributed by atoms with Crippen LogP contribution in [0.4, 0.5) is 10.1 Å². The highest BCUT2D eigenvalue weighted by atomic mass is 19.1. The van der Waals surface area contributed by atoms with E-state index in [0.29, 0.717) is 11.3 Å². The molecule has 0 fully saturated rings. The van der Waals surface area contributed by atoms with Gasteiger partial charge in [-0.15, -0.1) is 0 Å². The number of carbonyl (C=O) groups is 2. The lowest BCUT2D eigenvalue weighted by Crippen LogP contribution is -2.20. The van der Waals surface area contributed by atoms with Gasteiger partial charge in [0, 0.05) is 5.69 Å². The number of nitrogens with one attached hydrogen (secondary N) is 1. The van der Waals surface area contributed by atoms with Gasteiger partial charge < -0.3 is 10.1 Å². The molecule has 3 aromatic rings. The van der Waals surface area contributed by atoms with Crippen molar-refractivity contribution in [1.29, 1.82) is 0 Å². The number of anilines is 1. The first-order valence-electron chi connectivity index (χ1n) is 8.00. The summed E-state index contributed by atoms with van der Waals surface area (Å²) in [5.74, 6) is -1.60. The number of esters is 1. The molecule has 0 atom stereocenters. The van der Waals surface area contributed by atoms with E-state index in [4.69, 9.17) is 4.74 Å². The maximum Gasteiger partial charge on any atom is 0.338 e. The molecule has 0 saturated heterocycles. The van der Waals surface area contributed by atoms with Crippen LogP contribution >= 0.6 is 0 Å². The lowest BCUT2D eigenvalue weighted by atomic mass is 10.0. The van der Waals surface area contributed by atoms with Crippen LogP contribution in [0.5, 0.6) is 0 Å². The topological polar surface area (TPSA) is 55.4 Å². The van der Waals surface area contributed by atoms with Crippen molar-refractivity contribution >= 4 is 17.6 Å². The van der Waals surface area contributed by atoms with Gasteiger partial charge in [0.2, 0.25) is 0 Å². The van der Waals surface area contributed by atoms with E-state index >= 15 is 0 Å². The Balaban J connectivity index is 1.55. The molecule has 0 aliphatic rings. The van der Waals surface area contributed by atoms with Crippen molar-refractivity contribution in [2.75, 3.05) is 11.9 Å². The Bertz CT molecular complexity index is 908. The highest BCUT2D eigenvalue weighted by Crippen LogP contribution is 2.19.